The molecule has 0 spiro atoms. The number of anilines is 1. The maximum absolute atomic E-state index is 12.2. The molecule has 1 aromatic heterocycles. The van der Waals surface area contributed by atoms with E-state index in [0.717, 1.165) is 10.2 Å². The Kier molecular flexibility index (Phi) is 4.90. The first-order valence-electron chi connectivity index (χ1n) is 7.19. The first-order valence-corrected chi connectivity index (χ1v) is 7.98. The largest absolute Gasteiger partial charge is 0.485 e. The van der Waals surface area contributed by atoms with E-state index in [1.165, 1.54) is 0 Å². The molecule has 0 atom stereocenters. The van der Waals surface area contributed by atoms with Crippen LogP contribution in [0.5, 0.6) is 5.75 Å². The third kappa shape index (κ3) is 4.20. The van der Waals surface area contributed by atoms with Gasteiger partial charge >= 0.3 is 0 Å². The Bertz CT molecular complexity index is 846. The highest BCUT2D eigenvalue weighted by Gasteiger charge is 2.07. The molecule has 122 valence electrons. The fraction of sp³-hybridized carbons (Fsp3) is 0.118. The van der Waals surface area contributed by atoms with Gasteiger partial charge in [-0.25, -0.2) is 0 Å². The van der Waals surface area contributed by atoms with Crippen molar-refractivity contribution in [3.05, 3.63) is 70.3 Å². The molecule has 0 aliphatic carbocycles. The molecule has 0 bridgehead atoms. The van der Waals surface area contributed by atoms with Crippen molar-refractivity contribution in [1.82, 2.24) is 10.1 Å². The third-order valence-corrected chi connectivity index (χ3v) is 3.63. The molecule has 1 heterocycles. The quantitative estimate of drug-likeness (QED) is 0.716. The van der Waals surface area contributed by atoms with Gasteiger partial charge in [0.25, 0.3) is 5.91 Å². The number of rotatable bonds is 5. The van der Waals surface area contributed by atoms with E-state index in [0.29, 0.717) is 23.0 Å². The number of hydrogen-bond donors (Lipinski definition) is 1. The van der Waals surface area contributed by atoms with Crippen LogP contribution in [0, 0.1) is 6.92 Å². The zero-order valence-corrected chi connectivity index (χ0v) is 14.4. The normalized spacial score (nSPS) is 10.4. The summed E-state index contributed by atoms with van der Waals surface area (Å²) in [7, 11) is 0. The number of hydrogen-bond acceptors (Lipinski definition) is 5. The summed E-state index contributed by atoms with van der Waals surface area (Å²) in [5, 5.41) is 6.59. The molecular formula is C17H14BrN3O3. The lowest BCUT2D eigenvalue weighted by molar-refractivity contribution is 0.102. The van der Waals surface area contributed by atoms with E-state index in [9.17, 15) is 4.79 Å². The van der Waals surface area contributed by atoms with Crippen LogP contribution < -0.4 is 10.1 Å². The lowest BCUT2D eigenvalue weighted by atomic mass is 10.2. The molecule has 7 heteroatoms. The van der Waals surface area contributed by atoms with E-state index in [4.69, 9.17) is 9.26 Å². The Hall–Kier alpha value is -2.67. The number of aromatic nitrogens is 2. The third-order valence-electron chi connectivity index (χ3n) is 3.14. The van der Waals surface area contributed by atoms with Gasteiger partial charge in [0, 0.05) is 22.6 Å². The van der Waals surface area contributed by atoms with Gasteiger partial charge in [0.2, 0.25) is 11.7 Å². The summed E-state index contributed by atoms with van der Waals surface area (Å²) in [5.41, 5.74) is 1.26. The van der Waals surface area contributed by atoms with Crippen LogP contribution in [0.2, 0.25) is 0 Å². The second-order valence-electron chi connectivity index (χ2n) is 5.01. The first kappa shape index (κ1) is 16.2. The lowest BCUT2D eigenvalue weighted by Crippen LogP contribution is -2.11. The van der Waals surface area contributed by atoms with Gasteiger partial charge in [-0.05, 0) is 42.5 Å². The van der Waals surface area contributed by atoms with Gasteiger partial charge in [0.15, 0.2) is 6.61 Å². The molecule has 24 heavy (non-hydrogen) atoms. The van der Waals surface area contributed by atoms with Crippen molar-refractivity contribution >= 4 is 27.5 Å². The van der Waals surface area contributed by atoms with Crippen molar-refractivity contribution < 1.29 is 14.1 Å². The molecular weight excluding hydrogens is 374 g/mol. The summed E-state index contributed by atoms with van der Waals surface area (Å²) in [4.78, 5) is 16.3. The molecule has 0 aliphatic rings. The number of carbonyl (C=O) groups is 1. The summed E-state index contributed by atoms with van der Waals surface area (Å²) < 4.78 is 11.3. The van der Waals surface area contributed by atoms with E-state index in [-0.39, 0.29) is 12.5 Å². The number of carbonyl (C=O) groups excluding carboxylic acids is 1. The molecule has 1 N–H and O–H groups in total. The molecule has 0 saturated carbocycles. The molecule has 0 fully saturated rings. The van der Waals surface area contributed by atoms with Crippen LogP contribution >= 0.6 is 15.9 Å². The summed E-state index contributed by atoms with van der Waals surface area (Å²) in [6, 6.07) is 14.3. The van der Waals surface area contributed by atoms with E-state index in [1.807, 2.05) is 24.3 Å². The molecule has 0 saturated heterocycles. The number of ether oxygens (including phenoxy) is 1. The topological polar surface area (TPSA) is 77.2 Å². The Morgan fingerprint density at radius 1 is 1.25 bits per heavy atom. The smallest absolute Gasteiger partial charge is 0.255 e. The van der Waals surface area contributed by atoms with Gasteiger partial charge in [0.1, 0.15) is 5.75 Å². The summed E-state index contributed by atoms with van der Waals surface area (Å²) in [6.07, 6.45) is 0. The van der Waals surface area contributed by atoms with Crippen molar-refractivity contribution in [2.75, 3.05) is 5.32 Å². The summed E-state index contributed by atoms with van der Waals surface area (Å²) in [5.74, 6) is 1.40. The van der Waals surface area contributed by atoms with Crippen LogP contribution in [0.4, 0.5) is 5.69 Å². The van der Waals surface area contributed by atoms with Gasteiger partial charge in [-0.3, -0.25) is 4.79 Å². The molecule has 0 radical (unpaired) electrons. The van der Waals surface area contributed by atoms with Crippen LogP contribution in [-0.4, -0.2) is 16.0 Å². The molecule has 1 amide bonds. The van der Waals surface area contributed by atoms with Crippen LogP contribution in [0.25, 0.3) is 0 Å². The molecule has 3 aromatic rings. The predicted octanol–water partition coefficient (Wildman–Crippen LogP) is 3.97. The second-order valence-corrected chi connectivity index (χ2v) is 5.92. The molecule has 0 unspecified atom stereocenters. The van der Waals surface area contributed by atoms with Crippen molar-refractivity contribution in [2.24, 2.45) is 0 Å². The van der Waals surface area contributed by atoms with Crippen LogP contribution in [0.3, 0.4) is 0 Å². The summed E-state index contributed by atoms with van der Waals surface area (Å²) in [6.45, 7) is 1.93. The Morgan fingerprint density at radius 2 is 2.04 bits per heavy atom. The number of aryl methyl sites for hydroxylation is 1. The van der Waals surface area contributed by atoms with Crippen molar-refractivity contribution in [2.45, 2.75) is 13.5 Å². The highest BCUT2D eigenvalue weighted by atomic mass is 79.9. The zero-order valence-electron chi connectivity index (χ0n) is 12.8. The number of amides is 1. The SMILES string of the molecule is Cc1nc(COc2ccc(C(=O)Nc3cccc(Br)c3)cc2)no1. The second kappa shape index (κ2) is 7.27. The Balaban J connectivity index is 1.60. The highest BCUT2D eigenvalue weighted by molar-refractivity contribution is 9.10. The van der Waals surface area contributed by atoms with Crippen LogP contribution in [-0.2, 0) is 6.61 Å². The van der Waals surface area contributed by atoms with Crippen molar-refractivity contribution in [1.29, 1.82) is 0 Å². The van der Waals surface area contributed by atoms with Crippen molar-refractivity contribution in [3.63, 3.8) is 0 Å². The van der Waals surface area contributed by atoms with Gasteiger partial charge in [-0.1, -0.05) is 27.2 Å². The maximum Gasteiger partial charge on any atom is 0.255 e. The Morgan fingerprint density at radius 3 is 2.71 bits per heavy atom. The Labute approximate surface area is 147 Å². The highest BCUT2D eigenvalue weighted by Crippen LogP contribution is 2.18. The lowest BCUT2D eigenvalue weighted by Gasteiger charge is -2.07. The summed E-state index contributed by atoms with van der Waals surface area (Å²) >= 11 is 3.37. The average molecular weight is 388 g/mol. The zero-order chi connectivity index (χ0) is 16.9. The minimum Gasteiger partial charge on any atom is -0.485 e. The first-order chi connectivity index (χ1) is 11.6. The average Bonchev–Trinajstić information content (AvgIpc) is 2.99. The van der Waals surface area contributed by atoms with Gasteiger partial charge in [0.05, 0.1) is 0 Å². The minimum atomic E-state index is -0.187. The number of nitrogens with zero attached hydrogens (tertiary/aromatic N) is 2. The van der Waals surface area contributed by atoms with Gasteiger partial charge < -0.3 is 14.6 Å². The van der Waals surface area contributed by atoms with E-state index >= 15 is 0 Å². The number of benzene rings is 2. The van der Waals surface area contributed by atoms with Crippen LogP contribution in [0.15, 0.2) is 57.5 Å². The molecule has 2 aromatic carbocycles. The predicted molar refractivity (Wildman–Crippen MR) is 91.9 cm³/mol. The molecule has 6 nitrogen and oxygen atoms in total. The fourth-order valence-electron chi connectivity index (χ4n) is 2.02. The number of nitrogens with one attached hydrogen (secondary N) is 1. The number of halogens is 1. The maximum atomic E-state index is 12.2. The standard InChI is InChI=1S/C17H14BrN3O3/c1-11-19-16(21-24-11)10-23-15-7-5-12(6-8-15)17(22)20-14-4-2-3-13(18)9-14/h2-9H,10H2,1H3,(H,20,22). The van der Waals surface area contributed by atoms with E-state index in [1.54, 1.807) is 31.2 Å². The monoisotopic (exact) mass is 387 g/mol. The minimum absolute atomic E-state index is 0.187. The van der Waals surface area contributed by atoms with E-state index in [2.05, 4.69) is 31.4 Å². The molecule has 0 aliphatic heterocycles. The van der Waals surface area contributed by atoms with Crippen molar-refractivity contribution in [3.8, 4) is 5.75 Å². The van der Waals surface area contributed by atoms with Crippen LogP contribution in [0.1, 0.15) is 22.1 Å². The fourth-order valence-corrected chi connectivity index (χ4v) is 2.42. The van der Waals surface area contributed by atoms with Gasteiger partial charge in [-0.2, -0.15) is 4.98 Å². The molecule has 3 rings (SSSR count). The van der Waals surface area contributed by atoms with E-state index < -0.39 is 0 Å². The van der Waals surface area contributed by atoms with Gasteiger partial charge in [-0.15, -0.1) is 0 Å².